The summed E-state index contributed by atoms with van der Waals surface area (Å²) in [4.78, 5) is 1.74. The van der Waals surface area contributed by atoms with Crippen molar-refractivity contribution >= 4 is 17.2 Å². The summed E-state index contributed by atoms with van der Waals surface area (Å²) in [5, 5.41) is 0. The molecule has 1 aromatic rings. The lowest BCUT2D eigenvalue weighted by molar-refractivity contribution is -0.139. The van der Waals surface area contributed by atoms with Gasteiger partial charge in [-0.05, 0) is 32.3 Å². The molecule has 0 amide bonds. The van der Waals surface area contributed by atoms with E-state index in [0.717, 1.165) is 6.07 Å². The van der Waals surface area contributed by atoms with Crippen molar-refractivity contribution in [2.45, 2.75) is 6.18 Å². The number of thiocarbonyl (C=S) groups is 1. The molecule has 0 aliphatic carbocycles. The molecule has 0 bridgehead atoms. The second-order valence-electron chi connectivity index (χ2n) is 4.22. The van der Waals surface area contributed by atoms with Gasteiger partial charge in [-0.1, -0.05) is 12.2 Å². The van der Waals surface area contributed by atoms with Crippen molar-refractivity contribution in [1.82, 2.24) is 4.90 Å². The van der Waals surface area contributed by atoms with Crippen molar-refractivity contribution in [3.05, 3.63) is 29.3 Å². The Labute approximate surface area is 115 Å². The predicted molar refractivity (Wildman–Crippen MR) is 71.4 cm³/mol. The van der Waals surface area contributed by atoms with Gasteiger partial charge in [-0.3, -0.25) is 0 Å². The third kappa shape index (κ3) is 4.68. The van der Waals surface area contributed by atoms with E-state index < -0.39 is 11.7 Å². The van der Waals surface area contributed by atoms with Crippen LogP contribution in [0.1, 0.15) is 11.1 Å². The smallest absolute Gasteiger partial charge is 0.419 e. The average molecular weight is 292 g/mol. The minimum absolute atomic E-state index is 0.0784. The van der Waals surface area contributed by atoms with Crippen LogP contribution in [0, 0.1) is 0 Å². The quantitative estimate of drug-likeness (QED) is 0.845. The molecule has 0 heterocycles. The first kappa shape index (κ1) is 15.7. The van der Waals surface area contributed by atoms with E-state index in [1.807, 2.05) is 19.0 Å². The van der Waals surface area contributed by atoms with Crippen molar-refractivity contribution in [1.29, 1.82) is 0 Å². The van der Waals surface area contributed by atoms with E-state index in [1.165, 1.54) is 12.1 Å². The van der Waals surface area contributed by atoms with Crippen LogP contribution in [-0.2, 0) is 6.18 Å². The van der Waals surface area contributed by atoms with Gasteiger partial charge in [0.2, 0.25) is 0 Å². The molecule has 1 aromatic carbocycles. The number of likely N-dealkylation sites (N-methyl/N-ethyl adjacent to an activating group) is 1. The van der Waals surface area contributed by atoms with E-state index in [0.29, 0.717) is 6.54 Å². The maximum atomic E-state index is 12.9. The predicted octanol–water partition coefficient (Wildman–Crippen LogP) is 2.28. The zero-order valence-electron chi connectivity index (χ0n) is 10.6. The van der Waals surface area contributed by atoms with Crippen molar-refractivity contribution in [2.24, 2.45) is 5.73 Å². The van der Waals surface area contributed by atoms with E-state index >= 15 is 0 Å². The molecule has 3 nitrogen and oxygen atoms in total. The van der Waals surface area contributed by atoms with Crippen LogP contribution in [-0.4, -0.2) is 37.1 Å². The van der Waals surface area contributed by atoms with Crippen LogP contribution >= 0.6 is 12.2 Å². The fraction of sp³-hybridized carbons (Fsp3) is 0.417. The van der Waals surface area contributed by atoms with Crippen LogP contribution < -0.4 is 10.5 Å². The zero-order valence-corrected chi connectivity index (χ0v) is 11.4. The minimum Gasteiger partial charge on any atom is -0.492 e. The molecular weight excluding hydrogens is 277 g/mol. The summed E-state index contributed by atoms with van der Waals surface area (Å²) in [5.74, 6) is -0.214. The monoisotopic (exact) mass is 292 g/mol. The van der Waals surface area contributed by atoms with E-state index in [2.05, 4.69) is 12.2 Å². The number of nitrogens with two attached hydrogens (primary N) is 1. The largest absolute Gasteiger partial charge is 0.492 e. The highest BCUT2D eigenvalue weighted by molar-refractivity contribution is 7.80. The van der Waals surface area contributed by atoms with Gasteiger partial charge in [0.25, 0.3) is 0 Å². The lowest BCUT2D eigenvalue weighted by Crippen LogP contribution is -2.21. The van der Waals surface area contributed by atoms with Gasteiger partial charge in [0, 0.05) is 12.1 Å². The maximum Gasteiger partial charge on any atom is 0.419 e. The van der Waals surface area contributed by atoms with E-state index in [-0.39, 0.29) is 22.9 Å². The molecule has 0 aliphatic heterocycles. The lowest BCUT2D eigenvalue weighted by Gasteiger charge is -2.16. The average Bonchev–Trinajstić information content (AvgIpc) is 2.27. The summed E-state index contributed by atoms with van der Waals surface area (Å²) in [6.07, 6.45) is -4.51. The summed E-state index contributed by atoms with van der Waals surface area (Å²) < 4.78 is 43.9. The van der Waals surface area contributed by atoms with Gasteiger partial charge in [0.1, 0.15) is 17.3 Å². The molecule has 106 valence electrons. The number of hydrogen-bond acceptors (Lipinski definition) is 3. The summed E-state index contributed by atoms with van der Waals surface area (Å²) in [6, 6.07) is 3.57. The van der Waals surface area contributed by atoms with Gasteiger partial charge in [-0.25, -0.2) is 0 Å². The van der Waals surface area contributed by atoms with Gasteiger partial charge >= 0.3 is 6.18 Å². The molecule has 0 saturated carbocycles. The fourth-order valence-electron chi connectivity index (χ4n) is 1.37. The van der Waals surface area contributed by atoms with Crippen LogP contribution in [0.3, 0.4) is 0 Å². The number of nitrogens with zero attached hydrogens (tertiary/aromatic N) is 1. The Kier molecular flexibility index (Phi) is 5.13. The Hall–Kier alpha value is -1.34. The molecule has 0 unspecified atom stereocenters. The topological polar surface area (TPSA) is 38.5 Å². The summed E-state index contributed by atoms with van der Waals surface area (Å²) >= 11 is 4.67. The second kappa shape index (κ2) is 6.21. The third-order valence-corrected chi connectivity index (χ3v) is 2.60. The number of alkyl halides is 3. The van der Waals surface area contributed by atoms with Gasteiger partial charge in [0.15, 0.2) is 0 Å². The van der Waals surface area contributed by atoms with Crippen molar-refractivity contribution < 1.29 is 17.9 Å². The molecule has 2 N–H and O–H groups in total. The molecular formula is C12H15F3N2OS. The number of hydrogen-bond donors (Lipinski definition) is 1. The SMILES string of the molecule is CN(C)CCOc1ccc(C(N)=S)cc1C(F)(F)F. The maximum absolute atomic E-state index is 12.9. The van der Waals surface area contributed by atoms with Gasteiger partial charge < -0.3 is 15.4 Å². The molecule has 1 rings (SSSR count). The Morgan fingerprint density at radius 3 is 2.47 bits per heavy atom. The molecule has 0 saturated heterocycles. The number of benzene rings is 1. The molecule has 0 aliphatic rings. The molecule has 0 atom stereocenters. The summed E-state index contributed by atoms with van der Waals surface area (Å²) in [7, 11) is 3.62. The molecule has 19 heavy (non-hydrogen) atoms. The Morgan fingerprint density at radius 2 is 2.00 bits per heavy atom. The lowest BCUT2D eigenvalue weighted by atomic mass is 10.1. The Morgan fingerprint density at radius 1 is 1.37 bits per heavy atom. The molecule has 0 fully saturated rings. The van der Waals surface area contributed by atoms with Crippen LogP contribution in [0.4, 0.5) is 13.2 Å². The van der Waals surface area contributed by atoms with Crippen molar-refractivity contribution in [2.75, 3.05) is 27.2 Å². The van der Waals surface area contributed by atoms with Gasteiger partial charge in [-0.15, -0.1) is 0 Å². The first-order valence-corrected chi connectivity index (χ1v) is 5.91. The number of rotatable bonds is 5. The van der Waals surface area contributed by atoms with Gasteiger partial charge in [0.05, 0.1) is 5.56 Å². The fourth-order valence-corrected chi connectivity index (χ4v) is 1.50. The zero-order chi connectivity index (χ0) is 14.6. The molecule has 0 radical (unpaired) electrons. The second-order valence-corrected chi connectivity index (χ2v) is 4.66. The standard InChI is InChI=1S/C12H15F3N2OS/c1-17(2)5-6-18-10-4-3-8(11(16)19)7-9(10)12(13,14)15/h3-4,7H,5-6H2,1-2H3,(H2,16,19). The van der Waals surface area contributed by atoms with Crippen LogP contribution in [0.5, 0.6) is 5.75 Å². The summed E-state index contributed by atoms with van der Waals surface area (Å²) in [6.45, 7) is 0.691. The molecule has 0 aromatic heterocycles. The first-order chi connectivity index (χ1) is 8.71. The van der Waals surface area contributed by atoms with Crippen LogP contribution in [0.15, 0.2) is 18.2 Å². The normalized spacial score (nSPS) is 11.7. The number of halogens is 3. The van der Waals surface area contributed by atoms with Crippen LogP contribution in [0.2, 0.25) is 0 Å². The molecule has 0 spiro atoms. The van der Waals surface area contributed by atoms with Crippen LogP contribution in [0.25, 0.3) is 0 Å². The summed E-state index contributed by atoms with van der Waals surface area (Å²) in [5.41, 5.74) is 4.64. The Balaban J connectivity index is 3.00. The van der Waals surface area contributed by atoms with E-state index in [9.17, 15) is 13.2 Å². The first-order valence-electron chi connectivity index (χ1n) is 5.50. The molecule has 7 heteroatoms. The highest BCUT2D eigenvalue weighted by Crippen LogP contribution is 2.36. The highest BCUT2D eigenvalue weighted by atomic mass is 32.1. The number of ether oxygens (including phenoxy) is 1. The van der Waals surface area contributed by atoms with E-state index in [1.54, 1.807) is 0 Å². The minimum atomic E-state index is -4.51. The third-order valence-electron chi connectivity index (χ3n) is 2.37. The van der Waals surface area contributed by atoms with E-state index in [4.69, 9.17) is 10.5 Å². The highest BCUT2D eigenvalue weighted by Gasteiger charge is 2.34. The Bertz CT molecular complexity index is 461. The van der Waals surface area contributed by atoms with Crippen molar-refractivity contribution in [3.63, 3.8) is 0 Å². The van der Waals surface area contributed by atoms with Crippen molar-refractivity contribution in [3.8, 4) is 5.75 Å². The van der Waals surface area contributed by atoms with Gasteiger partial charge in [-0.2, -0.15) is 13.2 Å².